The van der Waals surface area contributed by atoms with E-state index in [-0.39, 0.29) is 110 Å². The topological polar surface area (TPSA) is 194 Å². The number of methoxy groups -OCH3 is 1. The van der Waals surface area contributed by atoms with Crippen LogP contribution in [-0.2, 0) is 85.3 Å². The van der Waals surface area contributed by atoms with Gasteiger partial charge in [-0.15, -0.1) is 0 Å². The van der Waals surface area contributed by atoms with Gasteiger partial charge in [0.2, 0.25) is 0 Å². The molecule has 16 aliphatic heterocycles. The van der Waals surface area contributed by atoms with E-state index in [1.54, 1.807) is 7.11 Å². The van der Waals surface area contributed by atoms with E-state index in [0.717, 1.165) is 56.1 Å². The van der Waals surface area contributed by atoms with E-state index in [1.165, 1.54) is 0 Å². The Balaban J connectivity index is 0.645. The molecule has 16 heterocycles. The minimum absolute atomic E-state index is 0.0138. The molecule has 19 nitrogen and oxygen atoms in total. The summed E-state index contributed by atoms with van der Waals surface area (Å²) in [6.07, 6.45) is 3.35. The summed E-state index contributed by atoms with van der Waals surface area (Å²) in [6.45, 7) is 14.0. The van der Waals surface area contributed by atoms with Crippen LogP contribution in [0.15, 0.2) is 24.3 Å². The largest absolute Gasteiger partial charge is 0.459 e. The second-order valence-electron chi connectivity index (χ2n) is 25.8. The molecule has 16 aliphatic rings. The monoisotopic (exact) mass is 1070 g/mol. The fraction of sp³-hybridized carbons (Fsp3) is 0.912. The third-order valence-corrected chi connectivity index (χ3v) is 20.6. The highest BCUT2D eigenvalue weighted by molar-refractivity contribution is 5.70. The highest BCUT2D eigenvalue weighted by Crippen LogP contribution is 2.56. The van der Waals surface area contributed by atoms with Gasteiger partial charge in [0.25, 0.3) is 0 Å². The maximum absolute atomic E-state index is 14.4. The summed E-state index contributed by atoms with van der Waals surface area (Å²) in [5, 5.41) is 11.0. The van der Waals surface area contributed by atoms with Crippen LogP contribution in [0.1, 0.15) is 136 Å². The van der Waals surface area contributed by atoms with Gasteiger partial charge in [-0.2, -0.15) is 0 Å². The summed E-state index contributed by atoms with van der Waals surface area (Å²) in [5.41, 5.74) is 2.12. The van der Waals surface area contributed by atoms with E-state index >= 15 is 0 Å². The lowest BCUT2D eigenvalue weighted by Gasteiger charge is -2.53. The van der Waals surface area contributed by atoms with Gasteiger partial charge >= 0.3 is 5.97 Å². The number of fused-ring (bicyclic) bond motifs is 10. The first-order valence-electron chi connectivity index (χ1n) is 29.4. The Labute approximate surface area is 445 Å². The molecule has 0 saturated carbocycles. The minimum atomic E-state index is -0.992. The fourth-order valence-corrected chi connectivity index (χ4v) is 16.9. The van der Waals surface area contributed by atoms with E-state index in [4.69, 9.17) is 80.5 Å². The first-order valence-corrected chi connectivity index (χ1v) is 29.4. The molecule has 422 valence electrons. The maximum atomic E-state index is 14.4. The van der Waals surface area contributed by atoms with Crippen molar-refractivity contribution in [2.24, 2.45) is 11.8 Å². The molecular formula is C57H80O19. The van der Waals surface area contributed by atoms with Crippen molar-refractivity contribution in [2.75, 3.05) is 13.7 Å². The van der Waals surface area contributed by atoms with Crippen LogP contribution < -0.4 is 0 Å². The molecule has 1 N–H and O–H groups in total. The molecule has 4 unspecified atom stereocenters. The lowest BCUT2D eigenvalue weighted by molar-refractivity contribution is -0.383. The van der Waals surface area contributed by atoms with Crippen LogP contribution in [0.25, 0.3) is 0 Å². The number of esters is 1. The van der Waals surface area contributed by atoms with Gasteiger partial charge in [-0.1, -0.05) is 27.0 Å². The smallest absolute Gasteiger partial charge is 0.308 e. The number of hydrogen-bond acceptors (Lipinski definition) is 19. The number of carbonyl (C=O) groups excluding carboxylic acids is 1. The van der Waals surface area contributed by atoms with E-state index in [2.05, 4.69) is 27.0 Å². The van der Waals surface area contributed by atoms with Crippen LogP contribution in [0.3, 0.4) is 0 Å². The van der Waals surface area contributed by atoms with Crippen molar-refractivity contribution in [3.8, 4) is 0 Å². The van der Waals surface area contributed by atoms with Crippen molar-refractivity contribution in [2.45, 2.75) is 300 Å². The predicted octanol–water partition coefficient (Wildman–Crippen LogP) is 5.27. The standard InChI is InChI=1S/C57H80O19/c1-26-16-30-6-8-34-27(2)17-32(61-34)10-13-56-24-44-49(74-56)50-51(68-44)52(75-56)48-37(67-50)9-7-31(63-48)18-46(59)65-39-21-42-53(69-40(39)20-38(62-30)29(26)4)70-54-45(64-42)25-57(76-54)23-43-36(71-57)11-14-55(73-43)22-28(3)47-41(72-55)19-33(58)35(66-47)12-15-60-5/h26,28,30-45,47-54,58H,2,4,6-25H2,1,3,5H3/t26-,28+,30+,31-,32+,33-,34+,35-,36+,37+,38-,39-,40+,41+,42?,43+,44?,45?,47+,48+,49?,50+,51-,52+,53+,54+,55+,56+,57+/m1/s1. The van der Waals surface area contributed by atoms with Crippen LogP contribution in [0.2, 0.25) is 0 Å². The zero-order valence-electron chi connectivity index (χ0n) is 44.4. The van der Waals surface area contributed by atoms with Gasteiger partial charge in [0, 0.05) is 71.5 Å². The van der Waals surface area contributed by atoms with Gasteiger partial charge in [0.1, 0.15) is 54.9 Å². The molecule has 76 heavy (non-hydrogen) atoms. The normalized spacial score (nSPS) is 57.3. The molecule has 16 saturated heterocycles. The van der Waals surface area contributed by atoms with E-state index in [0.29, 0.717) is 77.2 Å². The second kappa shape index (κ2) is 19.4. The zero-order chi connectivity index (χ0) is 51.4. The Morgan fingerprint density at radius 1 is 0.526 bits per heavy atom. The molecule has 0 radical (unpaired) electrons. The van der Waals surface area contributed by atoms with Crippen molar-refractivity contribution in [3.63, 3.8) is 0 Å². The Hall–Kier alpha value is -1.73. The Kier molecular flexibility index (Phi) is 13.1. The van der Waals surface area contributed by atoms with Crippen molar-refractivity contribution in [1.82, 2.24) is 0 Å². The Bertz CT molecular complexity index is 2240. The van der Waals surface area contributed by atoms with Gasteiger partial charge < -0.3 is 85.6 Å². The molecule has 3 spiro atoms. The van der Waals surface area contributed by atoms with Crippen LogP contribution in [-0.4, -0.2) is 189 Å². The van der Waals surface area contributed by atoms with Gasteiger partial charge in [-0.3, -0.25) is 4.79 Å². The SMILES string of the molecule is C=C1C[C@@H]2CC[C@@]34CC5O[C@H]6[C@@H](O3)[C@H]3O[C@H](CC[C@@H]3O[C@H]6C5O4)CC(=O)O[C@@H]3CC4OC5C[C@]6(C[C@@H]7O[C@@]8(CC[C@@H]7O6)C[C@H](C)[C@@H]6O[C@H](CCOC)[C@H](O)C[C@@H]6O8)O[C@@H]5O[C@@H]4O[C@H]3C[C@H]3O[C@@H](CC[C@@H]1O2)C[C@@H](C)C3=C. The zero-order valence-corrected chi connectivity index (χ0v) is 44.4. The molecule has 0 aromatic heterocycles. The second-order valence-corrected chi connectivity index (χ2v) is 25.8. The van der Waals surface area contributed by atoms with Crippen molar-refractivity contribution in [1.29, 1.82) is 0 Å². The summed E-state index contributed by atoms with van der Waals surface area (Å²) in [4.78, 5) is 14.4. The third-order valence-electron chi connectivity index (χ3n) is 20.6. The molecule has 0 amide bonds. The Morgan fingerprint density at radius 3 is 2.17 bits per heavy atom. The van der Waals surface area contributed by atoms with Gasteiger partial charge in [-0.25, -0.2) is 0 Å². The van der Waals surface area contributed by atoms with Crippen LogP contribution in [0.4, 0.5) is 0 Å². The van der Waals surface area contributed by atoms with Gasteiger partial charge in [0.15, 0.2) is 29.9 Å². The third kappa shape index (κ3) is 8.97. The number of aliphatic hydroxyl groups is 1. The summed E-state index contributed by atoms with van der Waals surface area (Å²) in [5.74, 6) is -2.63. The maximum Gasteiger partial charge on any atom is 0.308 e. The molecule has 0 aliphatic carbocycles. The van der Waals surface area contributed by atoms with Crippen molar-refractivity contribution < 1.29 is 90.4 Å². The number of ether oxygens (including phenoxy) is 17. The van der Waals surface area contributed by atoms with E-state index in [1.807, 2.05) is 0 Å². The lowest BCUT2D eigenvalue weighted by atomic mass is 9.80. The minimum Gasteiger partial charge on any atom is -0.459 e. The van der Waals surface area contributed by atoms with Gasteiger partial charge in [-0.05, 0) is 80.8 Å². The average molecular weight is 1070 g/mol. The van der Waals surface area contributed by atoms with Crippen LogP contribution >= 0.6 is 0 Å². The first kappa shape index (κ1) is 51.2. The van der Waals surface area contributed by atoms with Crippen molar-refractivity contribution >= 4 is 5.97 Å². The number of hydrogen-bond donors (Lipinski definition) is 1. The average Bonchev–Trinajstić information content (AvgIpc) is 4.36. The summed E-state index contributed by atoms with van der Waals surface area (Å²) in [7, 11) is 1.66. The quantitative estimate of drug-likeness (QED) is 0.284. The predicted molar refractivity (Wildman–Crippen MR) is 260 cm³/mol. The summed E-state index contributed by atoms with van der Waals surface area (Å²) < 4.78 is 114. The lowest BCUT2D eigenvalue weighted by Crippen LogP contribution is -2.61. The molecule has 0 aromatic rings. The van der Waals surface area contributed by atoms with E-state index in [9.17, 15) is 9.90 Å². The summed E-state index contributed by atoms with van der Waals surface area (Å²) in [6, 6.07) is 0. The highest BCUT2D eigenvalue weighted by Gasteiger charge is 2.69. The molecule has 19 heteroatoms. The highest BCUT2D eigenvalue weighted by atomic mass is 16.9. The molecule has 16 rings (SSSR count). The number of aliphatic hydroxyl groups excluding tert-OH is 1. The number of rotatable bonds is 3. The van der Waals surface area contributed by atoms with Crippen LogP contribution in [0, 0.1) is 11.8 Å². The fourth-order valence-electron chi connectivity index (χ4n) is 16.9. The number of carbonyl (C=O) groups is 1. The van der Waals surface area contributed by atoms with Crippen LogP contribution in [0.5, 0.6) is 0 Å². The van der Waals surface area contributed by atoms with Gasteiger partial charge in [0.05, 0.1) is 85.8 Å². The molecule has 12 bridgehead atoms. The molecular weight excluding hydrogens is 989 g/mol. The molecule has 29 atom stereocenters. The van der Waals surface area contributed by atoms with Crippen molar-refractivity contribution in [3.05, 3.63) is 24.3 Å². The first-order chi connectivity index (χ1) is 36.8. The molecule has 0 aromatic carbocycles. The summed E-state index contributed by atoms with van der Waals surface area (Å²) >= 11 is 0. The Morgan fingerprint density at radius 2 is 1.28 bits per heavy atom. The van der Waals surface area contributed by atoms with E-state index < -0.39 is 78.8 Å². The molecule has 16 fully saturated rings.